The lowest BCUT2D eigenvalue weighted by Crippen LogP contribution is -2.50. The lowest BCUT2D eigenvalue weighted by atomic mass is 9.66. The number of rotatable bonds is 3. The first-order valence-electron chi connectivity index (χ1n) is 10.3. The quantitative estimate of drug-likeness (QED) is 0.628. The predicted molar refractivity (Wildman–Crippen MR) is 105 cm³/mol. The van der Waals surface area contributed by atoms with Crippen LogP contribution in [0.4, 0.5) is 8.78 Å². The maximum Gasteiger partial charge on any atom is 0.300 e. The van der Waals surface area contributed by atoms with Crippen molar-refractivity contribution in [3.8, 4) is 0 Å². The number of para-hydroxylation sites is 1. The maximum atomic E-state index is 13.2. The Kier molecular flexibility index (Phi) is 3.57. The third-order valence-electron chi connectivity index (χ3n) is 7.10. The molecule has 0 spiro atoms. The minimum atomic E-state index is -2.75. The minimum Gasteiger partial charge on any atom is -0.332 e. The first-order valence-corrected chi connectivity index (χ1v) is 10.3. The second kappa shape index (κ2) is 5.98. The van der Waals surface area contributed by atoms with Gasteiger partial charge in [0.15, 0.2) is 0 Å². The molecule has 0 amide bonds. The summed E-state index contributed by atoms with van der Waals surface area (Å²) in [5.41, 5.74) is 4.45. The van der Waals surface area contributed by atoms with Crippen LogP contribution in [-0.4, -0.2) is 32.7 Å². The van der Waals surface area contributed by atoms with E-state index in [9.17, 15) is 8.78 Å². The summed E-state index contributed by atoms with van der Waals surface area (Å²) >= 11 is 0. The topological polar surface area (TPSA) is 47.1 Å². The minimum absolute atomic E-state index is 0.0490. The van der Waals surface area contributed by atoms with E-state index < -0.39 is 12.2 Å². The fourth-order valence-corrected chi connectivity index (χ4v) is 5.86. The number of piperidine rings is 1. The predicted octanol–water partition coefficient (Wildman–Crippen LogP) is 4.95. The van der Waals surface area contributed by atoms with E-state index in [0.717, 1.165) is 50.0 Å². The Balaban J connectivity index is 1.68. The van der Waals surface area contributed by atoms with Gasteiger partial charge in [-0.15, -0.1) is 0 Å². The van der Waals surface area contributed by atoms with Gasteiger partial charge >= 0.3 is 6.43 Å². The van der Waals surface area contributed by atoms with E-state index in [4.69, 9.17) is 4.52 Å². The van der Waals surface area contributed by atoms with Gasteiger partial charge in [-0.3, -0.25) is 4.90 Å². The molecule has 5 heterocycles. The van der Waals surface area contributed by atoms with E-state index in [0.29, 0.717) is 6.04 Å². The van der Waals surface area contributed by atoms with E-state index in [2.05, 4.69) is 50.8 Å². The Morgan fingerprint density at radius 3 is 2.93 bits per heavy atom. The van der Waals surface area contributed by atoms with Crippen molar-refractivity contribution in [1.29, 1.82) is 0 Å². The summed E-state index contributed by atoms with van der Waals surface area (Å²) in [5, 5.41) is 4.77. The molecule has 5 nitrogen and oxygen atoms in total. The van der Waals surface area contributed by atoms with Crippen LogP contribution in [0.2, 0.25) is 0 Å². The van der Waals surface area contributed by atoms with Crippen molar-refractivity contribution in [2.45, 2.75) is 45.1 Å². The number of fused-ring (bicyclic) bond motifs is 3. The average Bonchev–Trinajstić information content (AvgIpc) is 3.36. The second-order valence-electron chi connectivity index (χ2n) is 8.38. The second-order valence-corrected chi connectivity index (χ2v) is 8.38. The Bertz CT molecular complexity index is 1150. The summed E-state index contributed by atoms with van der Waals surface area (Å²) in [7, 11) is 0. The first-order chi connectivity index (χ1) is 14.1. The van der Waals surface area contributed by atoms with Crippen LogP contribution < -0.4 is 0 Å². The van der Waals surface area contributed by atoms with E-state index in [-0.39, 0.29) is 11.3 Å². The van der Waals surface area contributed by atoms with Crippen molar-refractivity contribution in [2.24, 2.45) is 5.41 Å². The molecule has 0 radical (unpaired) electrons. The number of halogens is 2. The molecule has 0 aliphatic carbocycles. The van der Waals surface area contributed by atoms with Crippen molar-refractivity contribution in [3.63, 3.8) is 0 Å². The molecule has 2 atom stereocenters. The molecule has 3 aliphatic heterocycles. The van der Waals surface area contributed by atoms with Gasteiger partial charge in [-0.2, -0.15) is 4.98 Å². The van der Waals surface area contributed by atoms with Gasteiger partial charge in [-0.05, 0) is 49.9 Å². The van der Waals surface area contributed by atoms with Crippen molar-refractivity contribution >= 4 is 16.6 Å². The fourth-order valence-electron chi connectivity index (χ4n) is 5.86. The van der Waals surface area contributed by atoms with Gasteiger partial charge in [0.1, 0.15) is 5.70 Å². The van der Waals surface area contributed by atoms with Crippen LogP contribution in [0.25, 0.3) is 16.6 Å². The summed E-state index contributed by atoms with van der Waals surface area (Å²) < 4.78 is 33.9. The van der Waals surface area contributed by atoms with Gasteiger partial charge in [-0.1, -0.05) is 30.3 Å². The summed E-state index contributed by atoms with van der Waals surface area (Å²) in [5.74, 6) is -0.373. The van der Waals surface area contributed by atoms with E-state index in [1.54, 1.807) is 0 Å². The maximum absolute atomic E-state index is 13.2. The zero-order chi connectivity index (χ0) is 19.8. The van der Waals surface area contributed by atoms with Gasteiger partial charge in [0.2, 0.25) is 5.82 Å². The van der Waals surface area contributed by atoms with Gasteiger partial charge in [-0.25, -0.2) is 8.78 Å². The number of hydrogen-bond donors (Lipinski definition) is 0. The van der Waals surface area contributed by atoms with Crippen LogP contribution in [-0.2, 0) is 6.42 Å². The van der Waals surface area contributed by atoms with Gasteiger partial charge in [0, 0.05) is 23.0 Å². The highest BCUT2D eigenvalue weighted by Gasteiger charge is 2.51. The van der Waals surface area contributed by atoms with Gasteiger partial charge in [0.05, 0.1) is 11.6 Å². The summed E-state index contributed by atoms with van der Waals surface area (Å²) in [6.45, 7) is 4.39. The lowest BCUT2D eigenvalue weighted by Gasteiger charge is -2.53. The summed E-state index contributed by atoms with van der Waals surface area (Å²) in [4.78, 5) is 6.67. The Hall–Kier alpha value is -2.54. The molecule has 1 saturated heterocycles. The molecule has 3 aromatic rings. The van der Waals surface area contributed by atoms with Crippen LogP contribution in [0.5, 0.6) is 0 Å². The van der Waals surface area contributed by atoms with Crippen LogP contribution in [0.3, 0.4) is 0 Å². The monoisotopic (exact) mass is 396 g/mol. The van der Waals surface area contributed by atoms with Crippen molar-refractivity contribution in [2.75, 3.05) is 13.1 Å². The summed E-state index contributed by atoms with van der Waals surface area (Å²) in [6, 6.07) is 8.65. The summed E-state index contributed by atoms with van der Waals surface area (Å²) in [6.07, 6.45) is 3.68. The number of aromatic nitrogens is 3. The zero-order valence-electron chi connectivity index (χ0n) is 16.2. The average molecular weight is 396 g/mol. The molecule has 1 aromatic carbocycles. The number of nitrogens with zero attached hydrogens (tertiary/aromatic N) is 4. The molecule has 0 saturated carbocycles. The molecule has 2 aromatic heterocycles. The molecular formula is C22H22F2N4O. The Morgan fingerprint density at radius 1 is 1.28 bits per heavy atom. The molecule has 1 fully saturated rings. The molecule has 3 aliphatic rings. The van der Waals surface area contributed by atoms with Crippen LogP contribution in [0, 0.1) is 5.41 Å². The molecule has 0 bridgehead atoms. The van der Waals surface area contributed by atoms with Crippen LogP contribution in [0.1, 0.15) is 61.6 Å². The Morgan fingerprint density at radius 2 is 2.14 bits per heavy atom. The van der Waals surface area contributed by atoms with Gasteiger partial charge in [0.25, 0.3) is 5.89 Å². The Labute approximate surface area is 167 Å². The SMILES string of the molecule is CC[C@@]12C=C(c3nc(C(F)F)no3)n3c4c(c5ccccc53)CCN(CCC1)[C@H]42. The van der Waals surface area contributed by atoms with Gasteiger partial charge < -0.3 is 9.09 Å². The highest BCUT2D eigenvalue weighted by Crippen LogP contribution is 2.57. The smallest absolute Gasteiger partial charge is 0.300 e. The third-order valence-corrected chi connectivity index (χ3v) is 7.10. The standard InChI is InChI=1S/C22H22F2N4O/c1-2-22-9-5-10-27-11-8-14-13-6-3-4-7-15(13)28(17(14)18(22)27)16(12-22)21-25-20(19(23)24)26-29-21/h3-4,6-7,12,18-19H,2,5,8-11H2,1H3/t18-,22+/m1/s1. The molecule has 0 unspecified atom stereocenters. The highest BCUT2D eigenvalue weighted by molar-refractivity contribution is 5.91. The molecule has 0 N–H and O–H groups in total. The number of alkyl halides is 2. The highest BCUT2D eigenvalue weighted by atomic mass is 19.3. The molecule has 6 rings (SSSR count). The van der Waals surface area contributed by atoms with Crippen LogP contribution >= 0.6 is 0 Å². The zero-order valence-corrected chi connectivity index (χ0v) is 16.2. The van der Waals surface area contributed by atoms with Crippen LogP contribution in [0.15, 0.2) is 34.9 Å². The van der Waals surface area contributed by atoms with E-state index in [1.807, 2.05) is 6.07 Å². The molecule has 29 heavy (non-hydrogen) atoms. The molecule has 7 heteroatoms. The number of hydrogen-bond acceptors (Lipinski definition) is 4. The number of benzene rings is 1. The van der Waals surface area contributed by atoms with Crippen molar-refractivity contribution in [3.05, 3.63) is 53.3 Å². The third kappa shape index (κ3) is 2.22. The molecular weight excluding hydrogens is 374 g/mol. The van der Waals surface area contributed by atoms with E-state index >= 15 is 0 Å². The lowest BCUT2D eigenvalue weighted by molar-refractivity contribution is 0.0269. The normalized spacial score (nSPS) is 26.1. The molecule has 150 valence electrons. The first kappa shape index (κ1) is 17.3. The van der Waals surface area contributed by atoms with E-state index in [1.165, 1.54) is 16.6 Å². The van der Waals surface area contributed by atoms with Crippen molar-refractivity contribution < 1.29 is 13.3 Å². The largest absolute Gasteiger partial charge is 0.332 e. The van der Waals surface area contributed by atoms with Crippen molar-refractivity contribution in [1.82, 2.24) is 19.6 Å². The fraction of sp³-hybridized carbons (Fsp3) is 0.455.